The van der Waals surface area contributed by atoms with Gasteiger partial charge in [0.25, 0.3) is 5.91 Å². The second-order valence-corrected chi connectivity index (χ2v) is 8.80. The van der Waals surface area contributed by atoms with Crippen LogP contribution in [0.2, 0.25) is 0 Å². The molecule has 7 heteroatoms. The number of carbonyl (C=O) groups excluding carboxylic acids is 1. The Morgan fingerprint density at radius 2 is 2.00 bits per heavy atom. The van der Waals surface area contributed by atoms with Crippen LogP contribution < -0.4 is 9.64 Å². The third kappa shape index (κ3) is 2.91. The van der Waals surface area contributed by atoms with E-state index in [0.717, 1.165) is 16.0 Å². The van der Waals surface area contributed by atoms with Crippen molar-refractivity contribution in [1.29, 1.82) is 0 Å². The highest BCUT2D eigenvalue weighted by atomic mass is 79.9. The molecule has 0 aliphatic carbocycles. The minimum Gasteiger partial charge on any atom is -0.493 e. The number of rotatable bonds is 3. The van der Waals surface area contributed by atoms with E-state index in [0.29, 0.717) is 49.0 Å². The molecule has 2 aliphatic heterocycles. The third-order valence-corrected chi connectivity index (χ3v) is 6.86. The van der Waals surface area contributed by atoms with Gasteiger partial charge in [0.2, 0.25) is 0 Å². The van der Waals surface area contributed by atoms with Gasteiger partial charge in [-0.15, -0.1) is 0 Å². The number of nitrogens with zero attached hydrogens (tertiary/aromatic N) is 4. The van der Waals surface area contributed by atoms with Crippen LogP contribution in [0.5, 0.6) is 5.75 Å². The standard InChI is InChI=1S/C21H27BrN4O2/c1-6-28-19-8-7-15(22)9-16(19)21(27)25-10-17-18(11-25)23-26-14(4)12(2)13(3)24(5)20(17)26/h7-9,12-14H,6,10-11H2,1-5H3. The summed E-state index contributed by atoms with van der Waals surface area (Å²) in [5, 5.41) is 4.89. The van der Waals surface area contributed by atoms with E-state index in [2.05, 4.69) is 53.3 Å². The number of hydrogen-bond acceptors (Lipinski definition) is 4. The number of hydrogen-bond donors (Lipinski definition) is 0. The molecule has 2 aromatic rings. The van der Waals surface area contributed by atoms with Crippen molar-refractivity contribution in [1.82, 2.24) is 14.7 Å². The Hall–Kier alpha value is -2.02. The summed E-state index contributed by atoms with van der Waals surface area (Å²) in [4.78, 5) is 17.4. The molecule has 150 valence electrons. The van der Waals surface area contributed by atoms with Gasteiger partial charge in [0.1, 0.15) is 11.6 Å². The number of amides is 1. The summed E-state index contributed by atoms with van der Waals surface area (Å²) in [6, 6.07) is 6.37. The van der Waals surface area contributed by atoms with Crippen molar-refractivity contribution in [2.75, 3.05) is 18.6 Å². The summed E-state index contributed by atoms with van der Waals surface area (Å²) in [5.41, 5.74) is 2.78. The van der Waals surface area contributed by atoms with Gasteiger partial charge in [-0.05, 0) is 44.9 Å². The molecule has 1 amide bonds. The van der Waals surface area contributed by atoms with Crippen LogP contribution in [0, 0.1) is 5.92 Å². The largest absolute Gasteiger partial charge is 0.493 e. The Bertz CT molecular complexity index is 925. The van der Waals surface area contributed by atoms with Gasteiger partial charge in [0, 0.05) is 23.1 Å². The molecule has 3 heterocycles. The molecule has 0 radical (unpaired) electrons. The molecule has 1 aromatic carbocycles. The van der Waals surface area contributed by atoms with Gasteiger partial charge in [-0.2, -0.15) is 5.10 Å². The van der Waals surface area contributed by atoms with Crippen molar-refractivity contribution in [3.8, 4) is 5.75 Å². The Morgan fingerprint density at radius 3 is 2.71 bits per heavy atom. The molecule has 3 unspecified atom stereocenters. The molecule has 3 atom stereocenters. The van der Waals surface area contributed by atoms with E-state index in [1.165, 1.54) is 5.56 Å². The highest BCUT2D eigenvalue weighted by Gasteiger charge is 2.39. The average molecular weight is 447 g/mol. The Labute approximate surface area is 174 Å². The summed E-state index contributed by atoms with van der Waals surface area (Å²) < 4.78 is 8.71. The maximum absolute atomic E-state index is 13.3. The lowest BCUT2D eigenvalue weighted by Gasteiger charge is -2.41. The molecule has 0 spiro atoms. The maximum atomic E-state index is 13.3. The minimum absolute atomic E-state index is 0.0190. The lowest BCUT2D eigenvalue weighted by atomic mass is 9.92. The second-order valence-electron chi connectivity index (χ2n) is 7.88. The first-order chi connectivity index (χ1) is 13.3. The molecule has 6 nitrogen and oxygen atoms in total. The van der Waals surface area contributed by atoms with Gasteiger partial charge >= 0.3 is 0 Å². The van der Waals surface area contributed by atoms with Crippen molar-refractivity contribution in [3.63, 3.8) is 0 Å². The number of fused-ring (bicyclic) bond motifs is 3. The fourth-order valence-corrected chi connectivity index (χ4v) is 4.68. The molecule has 2 aliphatic rings. The maximum Gasteiger partial charge on any atom is 0.258 e. The van der Waals surface area contributed by atoms with Crippen molar-refractivity contribution in [3.05, 3.63) is 39.5 Å². The first-order valence-corrected chi connectivity index (χ1v) is 10.7. The van der Waals surface area contributed by atoms with Crippen LogP contribution in [0.1, 0.15) is 55.4 Å². The molecular weight excluding hydrogens is 420 g/mol. The zero-order chi connectivity index (χ0) is 20.2. The zero-order valence-electron chi connectivity index (χ0n) is 17.1. The van der Waals surface area contributed by atoms with Gasteiger partial charge in [0.05, 0.1) is 37.0 Å². The first kappa shape index (κ1) is 19.3. The molecule has 1 aromatic heterocycles. The predicted molar refractivity (Wildman–Crippen MR) is 113 cm³/mol. The number of ether oxygens (including phenoxy) is 1. The molecule has 0 bridgehead atoms. The van der Waals surface area contributed by atoms with Crippen LogP contribution in [-0.2, 0) is 13.1 Å². The van der Waals surface area contributed by atoms with Crippen LogP contribution in [0.3, 0.4) is 0 Å². The molecule has 4 rings (SSSR count). The van der Waals surface area contributed by atoms with Crippen LogP contribution in [-0.4, -0.2) is 40.3 Å². The summed E-state index contributed by atoms with van der Waals surface area (Å²) >= 11 is 3.47. The number of halogens is 1. The van der Waals surface area contributed by atoms with E-state index in [1.807, 2.05) is 30.0 Å². The smallest absolute Gasteiger partial charge is 0.258 e. The van der Waals surface area contributed by atoms with Crippen LogP contribution >= 0.6 is 15.9 Å². The van der Waals surface area contributed by atoms with Crippen LogP contribution in [0.15, 0.2) is 22.7 Å². The summed E-state index contributed by atoms with van der Waals surface area (Å²) in [6.45, 7) is 10.3. The normalized spacial score (nSPS) is 23.6. The molecular formula is C21H27BrN4O2. The van der Waals surface area contributed by atoms with E-state index < -0.39 is 0 Å². The lowest BCUT2D eigenvalue weighted by Crippen LogP contribution is -2.44. The molecule has 28 heavy (non-hydrogen) atoms. The van der Waals surface area contributed by atoms with Crippen molar-refractivity contribution >= 4 is 27.7 Å². The van der Waals surface area contributed by atoms with Crippen LogP contribution in [0.4, 0.5) is 5.82 Å². The summed E-state index contributed by atoms with van der Waals surface area (Å²) in [6.07, 6.45) is 0. The van der Waals surface area contributed by atoms with Gasteiger partial charge in [-0.3, -0.25) is 4.79 Å². The van der Waals surface area contributed by atoms with Crippen molar-refractivity contribution in [2.45, 2.75) is 52.9 Å². The number of carbonyl (C=O) groups is 1. The molecule has 0 saturated heterocycles. The number of anilines is 1. The Morgan fingerprint density at radius 1 is 1.25 bits per heavy atom. The summed E-state index contributed by atoms with van der Waals surface area (Å²) in [5.74, 6) is 2.28. The van der Waals surface area contributed by atoms with Crippen molar-refractivity contribution < 1.29 is 9.53 Å². The zero-order valence-corrected chi connectivity index (χ0v) is 18.7. The topological polar surface area (TPSA) is 50.6 Å². The highest BCUT2D eigenvalue weighted by molar-refractivity contribution is 9.10. The van der Waals surface area contributed by atoms with Gasteiger partial charge in [-0.25, -0.2) is 4.68 Å². The van der Waals surface area contributed by atoms with E-state index in [9.17, 15) is 4.79 Å². The fraction of sp³-hybridized carbons (Fsp3) is 0.524. The summed E-state index contributed by atoms with van der Waals surface area (Å²) in [7, 11) is 2.13. The van der Waals surface area contributed by atoms with Crippen molar-refractivity contribution in [2.24, 2.45) is 5.92 Å². The third-order valence-electron chi connectivity index (χ3n) is 6.36. The second kappa shape index (κ2) is 7.10. The molecule has 0 saturated carbocycles. The van der Waals surface area contributed by atoms with Gasteiger partial charge in [-0.1, -0.05) is 22.9 Å². The van der Waals surface area contributed by atoms with E-state index >= 15 is 0 Å². The Kier molecular flexibility index (Phi) is 4.89. The quantitative estimate of drug-likeness (QED) is 0.707. The molecule has 0 N–H and O–H groups in total. The first-order valence-electron chi connectivity index (χ1n) is 9.88. The monoisotopic (exact) mass is 446 g/mol. The van der Waals surface area contributed by atoms with Gasteiger partial charge in [0.15, 0.2) is 0 Å². The van der Waals surface area contributed by atoms with Crippen LogP contribution in [0.25, 0.3) is 0 Å². The number of aromatic nitrogens is 2. The SMILES string of the molecule is CCOc1ccc(Br)cc1C(=O)N1Cc2nn3c(c2C1)N(C)C(C)C(C)C3C. The minimum atomic E-state index is -0.0190. The molecule has 0 fully saturated rings. The highest BCUT2D eigenvalue weighted by Crippen LogP contribution is 2.41. The van der Waals surface area contributed by atoms with E-state index in [-0.39, 0.29) is 5.91 Å². The average Bonchev–Trinajstić information content (AvgIpc) is 3.23. The van der Waals surface area contributed by atoms with E-state index in [4.69, 9.17) is 9.84 Å². The lowest BCUT2D eigenvalue weighted by molar-refractivity contribution is 0.0744. The fourth-order valence-electron chi connectivity index (χ4n) is 4.32. The number of benzene rings is 1. The van der Waals surface area contributed by atoms with E-state index in [1.54, 1.807) is 0 Å². The van der Waals surface area contributed by atoms with Gasteiger partial charge < -0.3 is 14.5 Å². The Balaban J connectivity index is 1.65. The predicted octanol–water partition coefficient (Wildman–Crippen LogP) is 4.24.